The maximum absolute atomic E-state index is 11.8. The number of halogens is 2. The standard InChI is InChI=1S/C17H12Cl2N2O3/c18-13-5-3-6-14(19)12(13)8-17(23)24-10-16(22)21-15-7-2-1-4-11(15)9-20/h1-7H,8,10H2,(H,21,22). The highest BCUT2D eigenvalue weighted by Gasteiger charge is 2.14. The Balaban J connectivity index is 1.90. The van der Waals surface area contributed by atoms with E-state index in [1.807, 2.05) is 6.07 Å². The van der Waals surface area contributed by atoms with Gasteiger partial charge in [0.25, 0.3) is 5.91 Å². The highest BCUT2D eigenvalue weighted by Crippen LogP contribution is 2.24. The van der Waals surface area contributed by atoms with Crippen LogP contribution < -0.4 is 5.32 Å². The number of benzene rings is 2. The fraction of sp³-hybridized carbons (Fsp3) is 0.118. The van der Waals surface area contributed by atoms with Gasteiger partial charge in [-0.2, -0.15) is 5.26 Å². The van der Waals surface area contributed by atoms with Crippen LogP contribution in [0.25, 0.3) is 0 Å². The molecule has 7 heteroatoms. The molecule has 0 aromatic heterocycles. The van der Waals surface area contributed by atoms with Crippen LogP contribution in [0.5, 0.6) is 0 Å². The third kappa shape index (κ3) is 4.72. The molecule has 0 unspecified atom stereocenters. The van der Waals surface area contributed by atoms with Gasteiger partial charge in [-0.1, -0.05) is 41.4 Å². The lowest BCUT2D eigenvalue weighted by molar-refractivity contribution is -0.146. The number of hydrogen-bond donors (Lipinski definition) is 1. The van der Waals surface area contributed by atoms with E-state index in [0.29, 0.717) is 26.9 Å². The van der Waals surface area contributed by atoms with Gasteiger partial charge < -0.3 is 10.1 Å². The van der Waals surface area contributed by atoms with Crippen molar-refractivity contribution in [1.82, 2.24) is 0 Å². The second kappa shape index (κ2) is 8.34. The number of nitrogens with zero attached hydrogens (tertiary/aromatic N) is 1. The van der Waals surface area contributed by atoms with Crippen molar-refractivity contribution >= 4 is 40.8 Å². The molecular formula is C17H12Cl2N2O3. The number of rotatable bonds is 5. The average Bonchev–Trinajstić information content (AvgIpc) is 2.57. The van der Waals surface area contributed by atoms with Crippen molar-refractivity contribution in [3.05, 3.63) is 63.6 Å². The molecule has 0 saturated carbocycles. The molecule has 0 heterocycles. The van der Waals surface area contributed by atoms with Crippen molar-refractivity contribution in [2.45, 2.75) is 6.42 Å². The van der Waals surface area contributed by atoms with E-state index in [-0.39, 0.29) is 6.42 Å². The van der Waals surface area contributed by atoms with Gasteiger partial charge in [0.2, 0.25) is 0 Å². The second-order valence-electron chi connectivity index (χ2n) is 4.74. The van der Waals surface area contributed by atoms with E-state index in [2.05, 4.69) is 5.32 Å². The number of nitriles is 1. The number of carbonyl (C=O) groups excluding carboxylic acids is 2. The van der Waals surface area contributed by atoms with E-state index in [1.54, 1.807) is 42.5 Å². The minimum atomic E-state index is -0.631. The van der Waals surface area contributed by atoms with Gasteiger partial charge in [0.05, 0.1) is 17.7 Å². The Morgan fingerprint density at radius 3 is 2.42 bits per heavy atom. The maximum Gasteiger partial charge on any atom is 0.310 e. The Labute approximate surface area is 148 Å². The van der Waals surface area contributed by atoms with Crippen LogP contribution in [0.15, 0.2) is 42.5 Å². The molecule has 5 nitrogen and oxygen atoms in total. The minimum Gasteiger partial charge on any atom is -0.455 e. The van der Waals surface area contributed by atoms with Crippen molar-refractivity contribution in [3.8, 4) is 6.07 Å². The number of para-hydroxylation sites is 1. The Morgan fingerprint density at radius 1 is 1.08 bits per heavy atom. The van der Waals surface area contributed by atoms with Crippen LogP contribution >= 0.6 is 23.2 Å². The highest BCUT2D eigenvalue weighted by molar-refractivity contribution is 6.36. The molecule has 0 aliphatic rings. The summed E-state index contributed by atoms with van der Waals surface area (Å²) in [4.78, 5) is 23.6. The molecule has 0 aliphatic heterocycles. The first-order valence-corrected chi connectivity index (χ1v) is 7.64. The fourth-order valence-corrected chi connectivity index (χ4v) is 2.45. The third-order valence-corrected chi connectivity index (χ3v) is 3.78. The monoisotopic (exact) mass is 362 g/mol. The lowest BCUT2D eigenvalue weighted by Gasteiger charge is -2.09. The summed E-state index contributed by atoms with van der Waals surface area (Å²) in [6, 6.07) is 13.4. The summed E-state index contributed by atoms with van der Waals surface area (Å²) in [5.41, 5.74) is 1.12. The first-order chi connectivity index (χ1) is 11.5. The predicted molar refractivity (Wildman–Crippen MR) is 90.9 cm³/mol. The van der Waals surface area contributed by atoms with Gasteiger partial charge in [0, 0.05) is 15.6 Å². The molecule has 0 saturated heterocycles. The molecule has 0 atom stereocenters. The zero-order valence-electron chi connectivity index (χ0n) is 12.4. The van der Waals surface area contributed by atoms with Gasteiger partial charge >= 0.3 is 5.97 Å². The summed E-state index contributed by atoms with van der Waals surface area (Å²) >= 11 is 11.9. The lowest BCUT2D eigenvalue weighted by Crippen LogP contribution is -2.22. The third-order valence-electron chi connectivity index (χ3n) is 3.07. The number of esters is 1. The maximum atomic E-state index is 11.8. The van der Waals surface area contributed by atoms with Crippen molar-refractivity contribution < 1.29 is 14.3 Å². The lowest BCUT2D eigenvalue weighted by atomic mass is 10.1. The summed E-state index contributed by atoms with van der Waals surface area (Å²) in [6.45, 7) is -0.472. The molecule has 0 aliphatic carbocycles. The van der Waals surface area contributed by atoms with Gasteiger partial charge in [-0.25, -0.2) is 0 Å². The normalized spacial score (nSPS) is 9.88. The number of anilines is 1. The van der Waals surface area contributed by atoms with Crippen LogP contribution in [0.2, 0.25) is 10.0 Å². The first-order valence-electron chi connectivity index (χ1n) is 6.88. The van der Waals surface area contributed by atoms with Crippen LogP contribution in [0, 0.1) is 11.3 Å². The van der Waals surface area contributed by atoms with E-state index in [4.69, 9.17) is 33.2 Å². The zero-order valence-corrected chi connectivity index (χ0v) is 13.9. The Kier molecular flexibility index (Phi) is 6.19. The van der Waals surface area contributed by atoms with Gasteiger partial charge in [0.1, 0.15) is 6.07 Å². The van der Waals surface area contributed by atoms with Crippen LogP contribution in [0.4, 0.5) is 5.69 Å². The second-order valence-corrected chi connectivity index (χ2v) is 5.56. The van der Waals surface area contributed by atoms with Crippen molar-refractivity contribution in [1.29, 1.82) is 5.26 Å². The van der Waals surface area contributed by atoms with Crippen molar-refractivity contribution in [2.75, 3.05) is 11.9 Å². The Hall–Kier alpha value is -2.55. The summed E-state index contributed by atoms with van der Waals surface area (Å²) in [5.74, 6) is -1.18. The molecule has 0 fully saturated rings. The van der Waals surface area contributed by atoms with E-state index in [0.717, 1.165) is 0 Å². The SMILES string of the molecule is N#Cc1ccccc1NC(=O)COC(=O)Cc1c(Cl)cccc1Cl. The highest BCUT2D eigenvalue weighted by atomic mass is 35.5. The van der Waals surface area contributed by atoms with Crippen LogP contribution in [0.1, 0.15) is 11.1 Å². The molecule has 24 heavy (non-hydrogen) atoms. The summed E-state index contributed by atoms with van der Waals surface area (Å²) in [5, 5.41) is 12.2. The van der Waals surface area contributed by atoms with E-state index in [1.165, 1.54) is 0 Å². The van der Waals surface area contributed by atoms with E-state index < -0.39 is 18.5 Å². The molecule has 0 spiro atoms. The van der Waals surface area contributed by atoms with E-state index >= 15 is 0 Å². The summed E-state index contributed by atoms with van der Waals surface area (Å²) in [7, 11) is 0. The van der Waals surface area contributed by atoms with Gasteiger partial charge in [-0.3, -0.25) is 9.59 Å². The molecule has 1 amide bonds. The summed E-state index contributed by atoms with van der Waals surface area (Å²) < 4.78 is 4.91. The van der Waals surface area contributed by atoms with Gasteiger partial charge in [-0.15, -0.1) is 0 Å². The van der Waals surface area contributed by atoms with Crippen LogP contribution in [-0.2, 0) is 20.7 Å². The molecule has 122 valence electrons. The molecule has 2 rings (SSSR count). The van der Waals surface area contributed by atoms with E-state index in [9.17, 15) is 9.59 Å². The molecule has 2 aromatic rings. The quantitative estimate of drug-likeness (QED) is 0.824. The van der Waals surface area contributed by atoms with Crippen molar-refractivity contribution in [3.63, 3.8) is 0 Å². The number of carbonyl (C=O) groups is 2. The number of hydrogen-bond acceptors (Lipinski definition) is 4. The Morgan fingerprint density at radius 2 is 1.75 bits per heavy atom. The largest absolute Gasteiger partial charge is 0.455 e. The molecule has 1 N–H and O–H groups in total. The number of amides is 1. The van der Waals surface area contributed by atoms with Gasteiger partial charge in [0.15, 0.2) is 6.61 Å². The molecule has 2 aromatic carbocycles. The van der Waals surface area contributed by atoms with Crippen LogP contribution in [0.3, 0.4) is 0 Å². The molecule has 0 radical (unpaired) electrons. The smallest absolute Gasteiger partial charge is 0.310 e. The zero-order chi connectivity index (χ0) is 17.5. The summed E-state index contributed by atoms with van der Waals surface area (Å²) in [6.07, 6.45) is -0.138. The number of nitrogens with one attached hydrogen (secondary N) is 1. The minimum absolute atomic E-state index is 0.138. The Bertz CT molecular complexity index is 795. The molecule has 0 bridgehead atoms. The topological polar surface area (TPSA) is 79.2 Å². The molecular weight excluding hydrogens is 351 g/mol. The number of ether oxygens (including phenoxy) is 1. The van der Waals surface area contributed by atoms with Crippen LogP contribution in [-0.4, -0.2) is 18.5 Å². The predicted octanol–water partition coefficient (Wildman–Crippen LogP) is 3.59. The first kappa shape index (κ1) is 17.8. The average molecular weight is 363 g/mol. The van der Waals surface area contributed by atoms with Crippen molar-refractivity contribution in [2.24, 2.45) is 0 Å². The fourth-order valence-electron chi connectivity index (χ4n) is 1.92. The van der Waals surface area contributed by atoms with Gasteiger partial charge in [-0.05, 0) is 24.3 Å².